The van der Waals surface area contributed by atoms with E-state index in [4.69, 9.17) is 0 Å². The molecular weight excluding hydrogens is 360 g/mol. The van der Waals surface area contributed by atoms with Crippen LogP contribution in [0.5, 0.6) is 0 Å². The van der Waals surface area contributed by atoms with Gasteiger partial charge in [-0.1, -0.05) is 127 Å². The molecule has 4 aromatic rings. The summed E-state index contributed by atoms with van der Waals surface area (Å²) < 4.78 is 0. The lowest BCUT2D eigenvalue weighted by molar-refractivity contribution is 0.847. The van der Waals surface area contributed by atoms with E-state index >= 15 is 0 Å². The normalized spacial score (nSPS) is 15.2. The molecule has 0 bridgehead atoms. The third kappa shape index (κ3) is 2.93. The summed E-state index contributed by atoms with van der Waals surface area (Å²) in [5, 5.41) is 0. The molecule has 0 aliphatic heterocycles. The predicted octanol–water partition coefficient (Wildman–Crippen LogP) is 7.54. The van der Waals surface area contributed by atoms with Gasteiger partial charge in [-0.15, -0.1) is 0 Å². The summed E-state index contributed by atoms with van der Waals surface area (Å²) in [5.41, 5.74) is 8.77. The SMILES string of the molecule is CC1=CC(c2ccccc2)(c2ccccc2)C(c2ccccc2)=C1c1ccccc1. The van der Waals surface area contributed by atoms with Crippen molar-refractivity contribution in [3.8, 4) is 0 Å². The maximum absolute atomic E-state index is 2.46. The highest BCUT2D eigenvalue weighted by atomic mass is 14.4. The monoisotopic (exact) mass is 384 g/mol. The van der Waals surface area contributed by atoms with Gasteiger partial charge in [-0.3, -0.25) is 0 Å². The zero-order valence-electron chi connectivity index (χ0n) is 17.1. The molecule has 0 atom stereocenters. The number of hydrogen-bond acceptors (Lipinski definition) is 0. The van der Waals surface area contributed by atoms with Gasteiger partial charge >= 0.3 is 0 Å². The minimum Gasteiger partial charge on any atom is -0.0622 e. The molecule has 1 aliphatic rings. The fourth-order valence-electron chi connectivity index (χ4n) is 4.84. The Morgan fingerprint density at radius 3 is 1.33 bits per heavy atom. The van der Waals surface area contributed by atoms with Crippen molar-refractivity contribution >= 4 is 11.1 Å². The molecule has 5 rings (SSSR count). The van der Waals surface area contributed by atoms with Gasteiger partial charge in [-0.25, -0.2) is 0 Å². The van der Waals surface area contributed by atoms with Gasteiger partial charge in [0.25, 0.3) is 0 Å². The molecule has 0 unspecified atom stereocenters. The summed E-state index contributed by atoms with van der Waals surface area (Å²) >= 11 is 0. The molecule has 0 spiro atoms. The summed E-state index contributed by atoms with van der Waals surface area (Å²) in [7, 11) is 0. The maximum atomic E-state index is 2.46. The van der Waals surface area contributed by atoms with E-state index in [9.17, 15) is 0 Å². The lowest BCUT2D eigenvalue weighted by Crippen LogP contribution is -2.25. The first-order valence-corrected chi connectivity index (χ1v) is 10.5. The number of allylic oxidation sites excluding steroid dienone is 4. The number of rotatable bonds is 4. The smallest absolute Gasteiger partial charge is 0.0622 e. The molecule has 0 aromatic heterocycles. The summed E-state index contributed by atoms with van der Waals surface area (Å²) in [6.45, 7) is 2.25. The van der Waals surface area contributed by atoms with Crippen LogP contribution in [0.1, 0.15) is 29.2 Å². The molecule has 0 nitrogen and oxygen atoms in total. The van der Waals surface area contributed by atoms with Crippen LogP contribution in [-0.2, 0) is 5.41 Å². The summed E-state index contributed by atoms with van der Waals surface area (Å²) in [4.78, 5) is 0. The van der Waals surface area contributed by atoms with E-state index in [2.05, 4.69) is 134 Å². The second-order valence-corrected chi connectivity index (χ2v) is 7.85. The summed E-state index contributed by atoms with van der Waals surface area (Å²) in [6.07, 6.45) is 2.46. The molecule has 0 radical (unpaired) electrons. The van der Waals surface area contributed by atoms with Crippen LogP contribution in [0.15, 0.2) is 133 Å². The Bertz CT molecular complexity index is 1160. The molecule has 0 saturated heterocycles. The summed E-state index contributed by atoms with van der Waals surface area (Å²) in [5.74, 6) is 0. The van der Waals surface area contributed by atoms with E-state index in [1.54, 1.807) is 0 Å². The standard InChI is InChI=1S/C30H24/c1-23-22-30(26-18-10-4-11-19-26,27-20-12-5-13-21-27)29(25-16-8-3-9-17-25)28(23)24-14-6-2-7-15-24/h2-22H,1H3. The molecule has 0 N–H and O–H groups in total. The van der Waals surface area contributed by atoms with Crippen molar-refractivity contribution in [2.75, 3.05) is 0 Å². The first kappa shape index (κ1) is 18.4. The van der Waals surface area contributed by atoms with Crippen LogP contribution in [0, 0.1) is 0 Å². The molecule has 0 heteroatoms. The Morgan fingerprint density at radius 2 is 0.867 bits per heavy atom. The van der Waals surface area contributed by atoms with Crippen LogP contribution in [0.4, 0.5) is 0 Å². The molecule has 0 amide bonds. The van der Waals surface area contributed by atoms with Crippen LogP contribution in [0.25, 0.3) is 11.1 Å². The average molecular weight is 385 g/mol. The highest BCUT2D eigenvalue weighted by Crippen LogP contribution is 2.55. The second-order valence-electron chi connectivity index (χ2n) is 7.85. The Morgan fingerprint density at radius 1 is 0.467 bits per heavy atom. The lowest BCUT2D eigenvalue weighted by atomic mass is 9.68. The van der Waals surface area contributed by atoms with Gasteiger partial charge in [0.2, 0.25) is 0 Å². The lowest BCUT2D eigenvalue weighted by Gasteiger charge is -2.33. The van der Waals surface area contributed by atoms with E-state index < -0.39 is 0 Å². The van der Waals surface area contributed by atoms with Crippen LogP contribution >= 0.6 is 0 Å². The Kier molecular flexibility index (Phi) is 4.69. The van der Waals surface area contributed by atoms with Gasteiger partial charge in [0, 0.05) is 0 Å². The van der Waals surface area contributed by atoms with E-state index in [1.165, 1.54) is 39.0 Å². The molecule has 0 fully saturated rings. The minimum atomic E-state index is -0.334. The Labute approximate surface area is 178 Å². The fraction of sp³-hybridized carbons (Fsp3) is 0.0667. The predicted molar refractivity (Wildman–Crippen MR) is 127 cm³/mol. The van der Waals surface area contributed by atoms with Crippen molar-refractivity contribution in [2.24, 2.45) is 0 Å². The van der Waals surface area contributed by atoms with Crippen molar-refractivity contribution in [3.05, 3.63) is 155 Å². The highest BCUT2D eigenvalue weighted by molar-refractivity contribution is 6.07. The first-order chi connectivity index (χ1) is 14.8. The van der Waals surface area contributed by atoms with Crippen LogP contribution in [0.3, 0.4) is 0 Å². The molecule has 4 aromatic carbocycles. The third-order valence-corrected chi connectivity index (χ3v) is 6.05. The van der Waals surface area contributed by atoms with E-state index in [0.29, 0.717) is 0 Å². The van der Waals surface area contributed by atoms with Gasteiger partial charge in [0.1, 0.15) is 0 Å². The van der Waals surface area contributed by atoms with Crippen molar-refractivity contribution in [1.82, 2.24) is 0 Å². The first-order valence-electron chi connectivity index (χ1n) is 10.5. The zero-order chi connectivity index (χ0) is 20.4. The second kappa shape index (κ2) is 7.65. The van der Waals surface area contributed by atoms with Gasteiger partial charge in [-0.2, -0.15) is 0 Å². The average Bonchev–Trinajstić information content (AvgIpc) is 3.15. The van der Waals surface area contributed by atoms with Crippen LogP contribution in [0.2, 0.25) is 0 Å². The molecule has 0 saturated carbocycles. The van der Waals surface area contributed by atoms with E-state index in [0.717, 1.165) is 0 Å². The van der Waals surface area contributed by atoms with Crippen molar-refractivity contribution in [1.29, 1.82) is 0 Å². The quantitative estimate of drug-likeness (QED) is 0.341. The van der Waals surface area contributed by atoms with Gasteiger partial charge in [-0.05, 0) is 45.9 Å². The largest absolute Gasteiger partial charge is 0.0649 e. The van der Waals surface area contributed by atoms with E-state index in [1.807, 2.05) is 0 Å². The zero-order valence-corrected chi connectivity index (χ0v) is 17.1. The minimum absolute atomic E-state index is 0.334. The maximum Gasteiger partial charge on any atom is 0.0649 e. The van der Waals surface area contributed by atoms with Crippen LogP contribution < -0.4 is 0 Å². The highest BCUT2D eigenvalue weighted by Gasteiger charge is 2.43. The van der Waals surface area contributed by atoms with Gasteiger partial charge in [0.15, 0.2) is 0 Å². The molecule has 1 aliphatic carbocycles. The van der Waals surface area contributed by atoms with Crippen molar-refractivity contribution in [2.45, 2.75) is 12.3 Å². The van der Waals surface area contributed by atoms with Crippen molar-refractivity contribution < 1.29 is 0 Å². The molecule has 30 heavy (non-hydrogen) atoms. The van der Waals surface area contributed by atoms with Crippen LogP contribution in [-0.4, -0.2) is 0 Å². The number of benzene rings is 4. The molecular formula is C30H24. The van der Waals surface area contributed by atoms with Gasteiger partial charge in [0.05, 0.1) is 5.41 Å². The van der Waals surface area contributed by atoms with Gasteiger partial charge < -0.3 is 0 Å². The van der Waals surface area contributed by atoms with E-state index in [-0.39, 0.29) is 5.41 Å². The Hall–Kier alpha value is -3.64. The number of hydrogen-bond donors (Lipinski definition) is 0. The third-order valence-electron chi connectivity index (χ3n) is 6.05. The van der Waals surface area contributed by atoms with Crippen molar-refractivity contribution in [3.63, 3.8) is 0 Å². The molecule has 0 heterocycles. The Balaban J connectivity index is 1.92. The topological polar surface area (TPSA) is 0 Å². The fourth-order valence-corrected chi connectivity index (χ4v) is 4.84. The molecule has 144 valence electrons. The summed E-state index contributed by atoms with van der Waals surface area (Å²) in [6, 6.07) is 43.4.